The summed E-state index contributed by atoms with van der Waals surface area (Å²) < 4.78 is 0. The number of pyridine rings is 1. The third-order valence-corrected chi connectivity index (χ3v) is 9.96. The average molecular weight is 548 g/mol. The quantitative estimate of drug-likeness (QED) is 0.234. The SMILES string of the molecule is CC.CCCc1cc(-c2ccc3c(C4CCCC[C@@H]4C)nc(C4CCC(c5ccccc5)CC4)cc3c2)ccc1C.[HH]. The number of aryl methyl sites for hydroxylation is 2. The van der Waals surface area contributed by atoms with Gasteiger partial charge in [-0.1, -0.05) is 114 Å². The number of hydrogen-bond donors (Lipinski definition) is 0. The van der Waals surface area contributed by atoms with Gasteiger partial charge >= 0.3 is 0 Å². The van der Waals surface area contributed by atoms with E-state index >= 15 is 0 Å². The van der Waals surface area contributed by atoms with E-state index in [4.69, 9.17) is 4.98 Å². The summed E-state index contributed by atoms with van der Waals surface area (Å²) in [5.74, 6) is 2.58. The summed E-state index contributed by atoms with van der Waals surface area (Å²) in [5, 5.41) is 2.79. The lowest BCUT2D eigenvalue weighted by Gasteiger charge is -2.32. The highest BCUT2D eigenvalue weighted by atomic mass is 14.7. The van der Waals surface area contributed by atoms with E-state index in [-0.39, 0.29) is 1.43 Å². The molecule has 6 rings (SSSR count). The summed E-state index contributed by atoms with van der Waals surface area (Å²) in [6.45, 7) is 11.0. The number of fused-ring (bicyclic) bond motifs is 1. The average Bonchev–Trinajstić information content (AvgIpc) is 3.03. The van der Waals surface area contributed by atoms with E-state index in [1.54, 1.807) is 0 Å². The Morgan fingerprint density at radius 2 is 1.44 bits per heavy atom. The maximum Gasteiger partial charge on any atom is 0.0518 e. The molecule has 0 spiro atoms. The minimum Gasteiger partial charge on any atom is -0.257 e. The van der Waals surface area contributed by atoms with Crippen LogP contribution in [-0.4, -0.2) is 4.98 Å². The third kappa shape index (κ3) is 6.61. The van der Waals surface area contributed by atoms with Gasteiger partial charge in [0.05, 0.1) is 5.69 Å². The van der Waals surface area contributed by atoms with Crippen LogP contribution in [0.3, 0.4) is 0 Å². The van der Waals surface area contributed by atoms with Gasteiger partial charge in [-0.3, -0.25) is 4.98 Å². The molecule has 1 unspecified atom stereocenters. The zero-order chi connectivity index (χ0) is 28.8. The number of nitrogens with zero attached hydrogens (tertiary/aromatic N) is 1. The van der Waals surface area contributed by atoms with Crippen LogP contribution in [-0.2, 0) is 6.42 Å². The molecule has 2 aliphatic carbocycles. The van der Waals surface area contributed by atoms with Crippen molar-refractivity contribution in [2.45, 2.75) is 117 Å². The van der Waals surface area contributed by atoms with Gasteiger partial charge in [0.25, 0.3) is 0 Å². The first kappa shape index (κ1) is 29.6. The van der Waals surface area contributed by atoms with Crippen LogP contribution < -0.4 is 0 Å². The molecule has 2 fully saturated rings. The first-order chi connectivity index (χ1) is 20.1. The molecule has 2 atom stereocenters. The summed E-state index contributed by atoms with van der Waals surface area (Å²) in [4.78, 5) is 5.55. The largest absolute Gasteiger partial charge is 0.257 e. The van der Waals surface area contributed by atoms with Crippen molar-refractivity contribution in [1.29, 1.82) is 0 Å². The number of aromatic nitrogens is 1. The van der Waals surface area contributed by atoms with Crippen LogP contribution in [0.25, 0.3) is 21.9 Å². The molecule has 2 aliphatic rings. The lowest BCUT2D eigenvalue weighted by Crippen LogP contribution is -2.19. The van der Waals surface area contributed by atoms with Crippen molar-refractivity contribution in [1.82, 2.24) is 4.98 Å². The zero-order valence-corrected chi connectivity index (χ0v) is 26.3. The monoisotopic (exact) mass is 547 g/mol. The summed E-state index contributed by atoms with van der Waals surface area (Å²) in [5.41, 5.74) is 9.85. The minimum atomic E-state index is 0. The highest BCUT2D eigenvalue weighted by molar-refractivity contribution is 5.90. The Kier molecular flexibility index (Phi) is 9.97. The van der Waals surface area contributed by atoms with Gasteiger partial charge < -0.3 is 0 Å². The van der Waals surface area contributed by atoms with E-state index in [0.717, 1.165) is 6.42 Å². The predicted octanol–water partition coefficient (Wildman–Crippen LogP) is 12.2. The van der Waals surface area contributed by atoms with Gasteiger partial charge in [-0.25, -0.2) is 0 Å². The van der Waals surface area contributed by atoms with Crippen molar-refractivity contribution in [2.24, 2.45) is 5.92 Å². The number of hydrogen-bond acceptors (Lipinski definition) is 1. The summed E-state index contributed by atoms with van der Waals surface area (Å²) in [6.07, 6.45) is 12.7. The molecule has 2 saturated carbocycles. The molecule has 4 aromatic rings. The maximum absolute atomic E-state index is 5.55. The van der Waals surface area contributed by atoms with Gasteiger partial charge in [-0.15, -0.1) is 0 Å². The van der Waals surface area contributed by atoms with Crippen LogP contribution in [0.1, 0.15) is 133 Å². The normalized spacial score (nSPS) is 22.7. The highest BCUT2D eigenvalue weighted by Crippen LogP contribution is 2.44. The van der Waals surface area contributed by atoms with Crippen molar-refractivity contribution < 1.29 is 1.43 Å². The highest BCUT2D eigenvalue weighted by Gasteiger charge is 2.29. The fourth-order valence-corrected chi connectivity index (χ4v) is 7.54. The zero-order valence-electron chi connectivity index (χ0n) is 26.3. The second kappa shape index (κ2) is 13.8. The fraction of sp³-hybridized carbons (Fsp3) is 0.475. The maximum atomic E-state index is 5.55. The van der Waals surface area contributed by atoms with Crippen LogP contribution in [0.5, 0.6) is 0 Å². The van der Waals surface area contributed by atoms with E-state index < -0.39 is 0 Å². The van der Waals surface area contributed by atoms with Gasteiger partial charge in [0.1, 0.15) is 0 Å². The van der Waals surface area contributed by atoms with E-state index in [1.807, 2.05) is 13.8 Å². The van der Waals surface area contributed by atoms with Crippen LogP contribution in [0.15, 0.2) is 72.8 Å². The lowest BCUT2D eigenvalue weighted by atomic mass is 9.75. The Morgan fingerprint density at radius 1 is 0.756 bits per heavy atom. The Bertz CT molecular complexity index is 1420. The van der Waals surface area contributed by atoms with Gasteiger partial charge in [-0.2, -0.15) is 0 Å². The summed E-state index contributed by atoms with van der Waals surface area (Å²) >= 11 is 0. The summed E-state index contributed by atoms with van der Waals surface area (Å²) in [6, 6.07) is 27.9. The molecule has 3 aromatic carbocycles. The van der Waals surface area contributed by atoms with Crippen molar-refractivity contribution in [3.63, 3.8) is 0 Å². The minimum absolute atomic E-state index is 0. The third-order valence-electron chi connectivity index (χ3n) is 9.96. The molecule has 0 aliphatic heterocycles. The molecular weight excluding hydrogens is 494 g/mol. The van der Waals surface area contributed by atoms with Crippen molar-refractivity contribution in [3.05, 3.63) is 101 Å². The van der Waals surface area contributed by atoms with Gasteiger partial charge in [0.15, 0.2) is 0 Å². The molecule has 218 valence electrons. The van der Waals surface area contributed by atoms with E-state index in [9.17, 15) is 0 Å². The van der Waals surface area contributed by atoms with Gasteiger partial charge in [-0.05, 0) is 103 Å². The van der Waals surface area contributed by atoms with Gasteiger partial charge in [0, 0.05) is 24.3 Å². The molecule has 0 N–H and O–H groups in total. The Labute approximate surface area is 251 Å². The smallest absolute Gasteiger partial charge is 0.0518 e. The van der Waals surface area contributed by atoms with Crippen LogP contribution in [0, 0.1) is 12.8 Å². The van der Waals surface area contributed by atoms with E-state index in [2.05, 4.69) is 93.6 Å². The van der Waals surface area contributed by atoms with Crippen LogP contribution in [0.4, 0.5) is 0 Å². The topological polar surface area (TPSA) is 12.9 Å². The predicted molar refractivity (Wildman–Crippen MR) is 180 cm³/mol. The fourth-order valence-electron chi connectivity index (χ4n) is 7.54. The lowest BCUT2D eigenvalue weighted by molar-refractivity contribution is 0.325. The molecule has 1 nitrogen and oxygen atoms in total. The number of benzene rings is 3. The molecule has 41 heavy (non-hydrogen) atoms. The summed E-state index contributed by atoms with van der Waals surface area (Å²) in [7, 11) is 0. The first-order valence-corrected chi connectivity index (χ1v) is 16.7. The van der Waals surface area contributed by atoms with Crippen molar-refractivity contribution >= 4 is 10.8 Å². The number of rotatable bonds is 6. The molecule has 0 bridgehead atoms. The van der Waals surface area contributed by atoms with E-state index in [0.29, 0.717) is 23.7 Å². The molecule has 0 amide bonds. The standard InChI is InChI=1S/C38H45N.C2H6.H2/c1-4-10-31-23-32(16-15-26(31)2)33-21-22-36-34(24-33)25-37(39-38(36)35-14-9-8-11-27(35)3)30-19-17-29(18-20-30)28-12-6-5-7-13-28;1-2;/h5-7,12-13,15-16,21-25,27,29-30,35H,4,8-11,14,17-20H2,1-3H3;1-2H3;1H/t27-,29?,30?,35?;;/m0../s1. The molecule has 1 aromatic heterocycles. The molecule has 0 radical (unpaired) electrons. The molecule has 1 heteroatoms. The van der Waals surface area contributed by atoms with Crippen molar-refractivity contribution in [3.8, 4) is 11.1 Å². The molecule has 1 heterocycles. The molecular formula is C40H53N. The van der Waals surface area contributed by atoms with E-state index in [1.165, 1.54) is 108 Å². The van der Waals surface area contributed by atoms with Crippen molar-refractivity contribution in [2.75, 3.05) is 0 Å². The Balaban J connectivity index is 0.00000132. The Hall–Kier alpha value is -2.93. The molecule has 0 saturated heterocycles. The van der Waals surface area contributed by atoms with Crippen LogP contribution >= 0.6 is 0 Å². The van der Waals surface area contributed by atoms with Crippen LogP contribution in [0.2, 0.25) is 0 Å². The Morgan fingerprint density at radius 3 is 2.17 bits per heavy atom. The second-order valence-corrected chi connectivity index (χ2v) is 12.6. The van der Waals surface area contributed by atoms with Gasteiger partial charge in [0.2, 0.25) is 0 Å². The first-order valence-electron chi connectivity index (χ1n) is 16.7. The second-order valence-electron chi connectivity index (χ2n) is 12.6.